The smallest absolute Gasteiger partial charge is 0.0846 e. The Hall–Kier alpha value is -1.66. The minimum Gasteiger partial charge on any atom is -0.0846 e. The first kappa shape index (κ1) is 34.3. The van der Waals surface area contributed by atoms with Crippen molar-refractivity contribution in [3.63, 3.8) is 0 Å². The maximum absolute atomic E-state index is 11.7. The van der Waals surface area contributed by atoms with E-state index in [4.69, 9.17) is 9.68 Å². The third kappa shape index (κ3) is 28.6. The Balaban J connectivity index is 3.45. The van der Waals surface area contributed by atoms with Crippen LogP contribution in [0, 0.1) is 0 Å². The predicted octanol–water partition coefficient (Wildman–Crippen LogP) is 5.98. The topological polar surface area (TPSA) is 91.5 Å². The van der Waals surface area contributed by atoms with Crippen LogP contribution in [-0.2, 0) is 19.3 Å². The van der Waals surface area contributed by atoms with Crippen molar-refractivity contribution in [2.24, 2.45) is 0 Å². The third-order valence-electron chi connectivity index (χ3n) is 6.33. The molecule has 0 aromatic heterocycles. The molecule has 0 aromatic rings. The molecule has 0 unspecified atom stereocenters. The van der Waals surface area contributed by atoms with Crippen molar-refractivity contribution in [1.82, 2.24) is 0 Å². The summed E-state index contributed by atoms with van der Waals surface area (Å²) >= 11 is 0. The molecule has 6 nitrogen and oxygen atoms in total. The lowest BCUT2D eigenvalue weighted by Gasteiger charge is -2.00. The van der Waals surface area contributed by atoms with Crippen molar-refractivity contribution < 1.29 is 30.2 Å². The number of hydrogen-bond acceptors (Lipinski definition) is 4. The van der Waals surface area contributed by atoms with Gasteiger partial charge in [0.15, 0.2) is 0 Å². The molecule has 0 saturated carbocycles. The van der Waals surface area contributed by atoms with Gasteiger partial charge in [0.05, 0.1) is 9.59 Å². The van der Waals surface area contributed by atoms with Gasteiger partial charge < -0.3 is 0 Å². The van der Waals surface area contributed by atoms with Gasteiger partial charge in [0.2, 0.25) is 0 Å². The Morgan fingerprint density at radius 2 is 0.750 bits per heavy atom. The number of hydroxylamine groups is 2. The van der Waals surface area contributed by atoms with E-state index in [9.17, 15) is 9.59 Å². The molecule has 0 aromatic carbocycles. The number of allylic oxidation sites excluding steroid dienone is 2. The van der Waals surface area contributed by atoms with E-state index in [2.05, 4.69) is 13.8 Å². The minimum atomic E-state index is -0.424. The molecule has 0 bridgehead atoms. The molecule has 2 radical (unpaired) electrons. The van der Waals surface area contributed by atoms with Crippen LogP contribution in [0.4, 0.5) is 0 Å². The molecule has 0 heterocycles. The summed E-state index contributed by atoms with van der Waals surface area (Å²) in [6, 6.07) is 0. The van der Waals surface area contributed by atoms with Crippen LogP contribution >= 0.6 is 0 Å². The maximum atomic E-state index is 11.7. The van der Waals surface area contributed by atoms with Crippen molar-refractivity contribution >= 4 is 11.9 Å². The van der Waals surface area contributed by atoms with E-state index in [-0.39, 0.29) is 0 Å². The van der Waals surface area contributed by atoms with Crippen LogP contribution in [0.1, 0.15) is 142 Å². The number of quaternary nitrogens is 2. The molecule has 0 aliphatic rings. The fourth-order valence-corrected chi connectivity index (χ4v) is 4.06. The summed E-state index contributed by atoms with van der Waals surface area (Å²) in [7, 11) is 0. The fraction of sp³-hybridized carbons (Fsp3) is 0.800. The molecule has 0 rings (SSSR count). The Bertz CT molecular complexity index is 501. The molecule has 0 aliphatic heterocycles. The Labute approximate surface area is 222 Å². The molecule has 6 heteroatoms. The number of carbonyl (C=O) groups is 2. The number of rotatable bonds is 27. The molecule has 208 valence electrons. The summed E-state index contributed by atoms with van der Waals surface area (Å²) in [5, 5.41) is 0. The molecule has 0 aliphatic carbocycles. The molecular formula is C30H58N2O4+4. The molecule has 4 N–H and O–H groups in total. The highest BCUT2D eigenvalue weighted by Gasteiger charge is 2.17. The summed E-state index contributed by atoms with van der Waals surface area (Å²) in [4.78, 5) is 33.5. The summed E-state index contributed by atoms with van der Waals surface area (Å²) < 4.78 is 0. The van der Waals surface area contributed by atoms with Gasteiger partial charge in [0.25, 0.3) is 0 Å². The first-order valence-corrected chi connectivity index (χ1v) is 15.1. The number of nitrogens with two attached hydrogens (primary N) is 2. The second-order valence-corrected chi connectivity index (χ2v) is 9.87. The van der Waals surface area contributed by atoms with E-state index >= 15 is 0 Å². The Morgan fingerprint density at radius 3 is 1.06 bits per heavy atom. The van der Waals surface area contributed by atoms with Crippen molar-refractivity contribution in [2.45, 2.75) is 142 Å². The highest BCUT2D eigenvalue weighted by atomic mass is 16.7. The largest absolute Gasteiger partial charge is 0.662 e. The lowest BCUT2D eigenvalue weighted by molar-refractivity contribution is -0.871. The first-order valence-electron chi connectivity index (χ1n) is 15.1. The van der Waals surface area contributed by atoms with Crippen molar-refractivity contribution in [2.75, 3.05) is 13.1 Å². The number of hydrogen-bond donors (Lipinski definition) is 2. The van der Waals surface area contributed by atoms with Gasteiger partial charge in [0, 0.05) is 12.8 Å². The predicted molar refractivity (Wildman–Crippen MR) is 148 cm³/mol. The van der Waals surface area contributed by atoms with E-state index < -0.39 is 11.9 Å². The van der Waals surface area contributed by atoms with Crippen LogP contribution < -0.4 is 11.0 Å². The zero-order valence-corrected chi connectivity index (χ0v) is 23.7. The quantitative estimate of drug-likeness (QED) is 0.0467. The number of carbonyl (C=O) groups excluding carboxylic acids is 2. The monoisotopic (exact) mass is 510 g/mol. The Kier molecular flexibility index (Phi) is 28.2. The van der Waals surface area contributed by atoms with E-state index in [0.29, 0.717) is 0 Å². The summed E-state index contributed by atoms with van der Waals surface area (Å²) in [5.41, 5.74) is 3.16. The van der Waals surface area contributed by atoms with Crippen LogP contribution in [0.2, 0.25) is 0 Å². The third-order valence-corrected chi connectivity index (χ3v) is 6.33. The van der Waals surface area contributed by atoms with Gasteiger partial charge in [-0.05, 0) is 25.0 Å². The summed E-state index contributed by atoms with van der Waals surface area (Å²) in [5.74, 6) is -0.847. The van der Waals surface area contributed by atoms with Crippen molar-refractivity contribution in [1.29, 1.82) is 0 Å². The SMILES string of the molecule is CCCCCCCCCCCC[NH2+]OC(=[O+])/C=C\C=C/C(=[O+])O[NH2+]CCCCCCCCCCCC. The van der Waals surface area contributed by atoms with E-state index in [1.165, 1.54) is 140 Å². The van der Waals surface area contributed by atoms with Gasteiger partial charge in [-0.1, -0.05) is 137 Å². The molecular weight excluding hydrogens is 452 g/mol. The summed E-state index contributed by atoms with van der Waals surface area (Å²) in [6.07, 6.45) is 31.5. The lowest BCUT2D eigenvalue weighted by atomic mass is 10.1. The standard InChI is InChI=1S/C30H56N2O4/c1-3-5-7-9-11-13-15-17-19-23-27-31-35-29(33)25-21-22-26-30(34)36-32-28-24-20-18-16-14-12-10-8-6-4-2/h21-22,25-26,31-32H,3-20,23-24,27-28H2,1-2H3/q+2/p+2/b25-21-,26-22-. The molecule has 36 heavy (non-hydrogen) atoms. The van der Waals surface area contributed by atoms with Crippen molar-refractivity contribution in [3.8, 4) is 0 Å². The second kappa shape index (κ2) is 29.6. The van der Waals surface area contributed by atoms with Crippen LogP contribution in [-0.4, -0.2) is 25.0 Å². The van der Waals surface area contributed by atoms with Crippen LogP contribution in [0.3, 0.4) is 0 Å². The average Bonchev–Trinajstić information content (AvgIpc) is 2.88. The Morgan fingerprint density at radius 1 is 0.472 bits per heavy atom. The normalized spacial score (nSPS) is 11.5. The average molecular weight is 511 g/mol. The maximum Gasteiger partial charge on any atom is 0.662 e. The van der Waals surface area contributed by atoms with E-state index in [1.54, 1.807) is 11.0 Å². The van der Waals surface area contributed by atoms with Gasteiger partial charge in [-0.25, -0.2) is 0 Å². The van der Waals surface area contributed by atoms with Gasteiger partial charge in [-0.15, -0.1) is 0 Å². The van der Waals surface area contributed by atoms with Gasteiger partial charge in [-0.2, -0.15) is 0 Å². The lowest BCUT2D eigenvalue weighted by Crippen LogP contribution is -2.84. The highest BCUT2D eigenvalue weighted by molar-refractivity contribution is 5.83. The molecule has 0 amide bonds. The number of unbranched alkanes of at least 4 members (excludes halogenated alkanes) is 18. The van der Waals surface area contributed by atoms with Gasteiger partial charge >= 0.3 is 11.9 Å². The fourth-order valence-electron chi connectivity index (χ4n) is 4.06. The molecule has 0 fully saturated rings. The molecule has 0 spiro atoms. The zero-order chi connectivity index (χ0) is 26.4. The highest BCUT2D eigenvalue weighted by Crippen LogP contribution is 2.11. The van der Waals surface area contributed by atoms with Crippen LogP contribution in [0.25, 0.3) is 0 Å². The minimum absolute atomic E-state index is 0.424. The first-order chi connectivity index (χ1) is 17.7. The molecule has 0 saturated heterocycles. The van der Waals surface area contributed by atoms with Crippen LogP contribution in [0.5, 0.6) is 0 Å². The summed E-state index contributed by atoms with van der Waals surface area (Å²) in [6.45, 7) is 6.07. The van der Waals surface area contributed by atoms with Gasteiger partial charge in [-0.3, -0.25) is 0 Å². The van der Waals surface area contributed by atoms with Crippen molar-refractivity contribution in [3.05, 3.63) is 24.3 Å². The van der Waals surface area contributed by atoms with E-state index in [0.717, 1.165) is 25.9 Å². The molecule has 0 atom stereocenters. The van der Waals surface area contributed by atoms with Gasteiger partial charge in [0.1, 0.15) is 25.2 Å². The zero-order valence-electron chi connectivity index (χ0n) is 23.7. The van der Waals surface area contributed by atoms with E-state index in [1.807, 2.05) is 0 Å². The second-order valence-electron chi connectivity index (χ2n) is 9.87. The van der Waals surface area contributed by atoms with Crippen LogP contribution in [0.15, 0.2) is 24.3 Å².